The molecule has 0 saturated carbocycles. The highest BCUT2D eigenvalue weighted by molar-refractivity contribution is 8.00. The molecule has 3 rings (SSSR count). The molecule has 146 valence electrons. The van der Waals surface area contributed by atoms with Gasteiger partial charge in [-0.25, -0.2) is 0 Å². The summed E-state index contributed by atoms with van der Waals surface area (Å²) in [5.74, 6) is 0.632. The van der Waals surface area contributed by atoms with E-state index in [2.05, 4.69) is 53.3 Å². The Hall–Kier alpha value is -1.93. The molecule has 1 saturated heterocycles. The van der Waals surface area contributed by atoms with Gasteiger partial charge in [0.05, 0.1) is 10.9 Å². The first-order valence-corrected chi connectivity index (χ1v) is 10.4. The largest absolute Gasteiger partial charge is 0.339 e. The lowest BCUT2D eigenvalue weighted by molar-refractivity contribution is -0.132. The zero-order chi connectivity index (χ0) is 19.4. The highest BCUT2D eigenvalue weighted by atomic mass is 32.2. The highest BCUT2D eigenvalue weighted by Gasteiger charge is 2.26. The van der Waals surface area contributed by atoms with Gasteiger partial charge in [-0.2, -0.15) is 4.68 Å². The molecule has 0 bridgehead atoms. The standard InChI is InChI=1S/C19H28N6OS/c1-5-23-10-12-24(13-11-23)18(26)15(4)27-19-20-21-22-25(19)17-8-6-16(7-9-17)14(2)3/h6-9,14-15H,5,10-13H2,1-4H3. The molecule has 0 spiro atoms. The molecule has 27 heavy (non-hydrogen) atoms. The van der Waals surface area contributed by atoms with E-state index in [1.165, 1.54) is 17.3 Å². The Morgan fingerprint density at radius 3 is 2.37 bits per heavy atom. The number of hydrogen-bond acceptors (Lipinski definition) is 6. The van der Waals surface area contributed by atoms with Crippen molar-refractivity contribution < 1.29 is 4.79 Å². The normalized spacial score (nSPS) is 16.7. The molecule has 0 radical (unpaired) electrons. The van der Waals surface area contributed by atoms with Crippen molar-refractivity contribution in [1.82, 2.24) is 30.0 Å². The Bertz CT molecular complexity index is 752. The lowest BCUT2D eigenvalue weighted by Gasteiger charge is -2.35. The van der Waals surface area contributed by atoms with Crippen LogP contribution < -0.4 is 0 Å². The number of amides is 1. The van der Waals surface area contributed by atoms with Gasteiger partial charge in [0.1, 0.15) is 0 Å². The van der Waals surface area contributed by atoms with Crippen LogP contribution in [0.5, 0.6) is 0 Å². The second-order valence-electron chi connectivity index (χ2n) is 7.14. The summed E-state index contributed by atoms with van der Waals surface area (Å²) >= 11 is 1.41. The van der Waals surface area contributed by atoms with Crippen LogP contribution in [0, 0.1) is 0 Å². The second-order valence-corrected chi connectivity index (χ2v) is 8.45. The minimum Gasteiger partial charge on any atom is -0.339 e. The van der Waals surface area contributed by atoms with Gasteiger partial charge < -0.3 is 9.80 Å². The van der Waals surface area contributed by atoms with E-state index in [9.17, 15) is 4.79 Å². The second kappa shape index (κ2) is 8.84. The van der Waals surface area contributed by atoms with Crippen molar-refractivity contribution in [3.8, 4) is 5.69 Å². The Morgan fingerprint density at radius 2 is 1.78 bits per heavy atom. The lowest BCUT2D eigenvalue weighted by atomic mass is 10.0. The third-order valence-electron chi connectivity index (χ3n) is 5.01. The van der Waals surface area contributed by atoms with Gasteiger partial charge in [-0.1, -0.05) is 44.7 Å². The van der Waals surface area contributed by atoms with Gasteiger partial charge in [0, 0.05) is 26.2 Å². The molecule has 1 aromatic carbocycles. The summed E-state index contributed by atoms with van der Waals surface area (Å²) in [4.78, 5) is 17.1. The van der Waals surface area contributed by atoms with E-state index in [0.717, 1.165) is 38.4 Å². The molecule has 2 aromatic rings. The van der Waals surface area contributed by atoms with Crippen LogP contribution in [-0.2, 0) is 4.79 Å². The van der Waals surface area contributed by atoms with E-state index in [1.54, 1.807) is 4.68 Å². The van der Waals surface area contributed by atoms with E-state index < -0.39 is 0 Å². The summed E-state index contributed by atoms with van der Waals surface area (Å²) in [7, 11) is 0. The molecule has 8 heteroatoms. The number of carbonyl (C=O) groups excluding carboxylic acids is 1. The summed E-state index contributed by atoms with van der Waals surface area (Å²) in [6, 6.07) is 8.23. The first kappa shape index (κ1) is 19.8. The van der Waals surface area contributed by atoms with Gasteiger partial charge in [-0.3, -0.25) is 4.79 Å². The first-order chi connectivity index (χ1) is 13.0. The van der Waals surface area contributed by atoms with Crippen molar-refractivity contribution in [2.24, 2.45) is 0 Å². The molecular formula is C19H28N6OS. The Labute approximate surface area is 165 Å². The maximum atomic E-state index is 12.8. The SMILES string of the molecule is CCN1CCN(C(=O)C(C)Sc2nnnn2-c2ccc(C(C)C)cc2)CC1. The molecule has 7 nitrogen and oxygen atoms in total. The fraction of sp³-hybridized carbons (Fsp3) is 0.579. The third kappa shape index (κ3) is 4.68. The number of aromatic nitrogens is 4. The number of likely N-dealkylation sites (N-methyl/N-ethyl adjacent to an activating group) is 1. The molecule has 2 heterocycles. The molecule has 1 unspecified atom stereocenters. The van der Waals surface area contributed by atoms with Crippen LogP contribution in [0.1, 0.15) is 39.2 Å². The number of piperazine rings is 1. The molecule has 1 aliphatic heterocycles. The molecular weight excluding hydrogens is 360 g/mol. The van der Waals surface area contributed by atoms with Crippen LogP contribution in [0.3, 0.4) is 0 Å². The quantitative estimate of drug-likeness (QED) is 0.708. The van der Waals surface area contributed by atoms with Crippen molar-refractivity contribution in [3.05, 3.63) is 29.8 Å². The number of tetrazole rings is 1. The average molecular weight is 389 g/mol. The monoisotopic (exact) mass is 388 g/mol. The van der Waals surface area contributed by atoms with Crippen LogP contribution >= 0.6 is 11.8 Å². The number of nitrogens with zero attached hydrogens (tertiary/aromatic N) is 6. The van der Waals surface area contributed by atoms with Crippen LogP contribution in [0.4, 0.5) is 0 Å². The Morgan fingerprint density at radius 1 is 1.11 bits per heavy atom. The van der Waals surface area contributed by atoms with Gasteiger partial charge >= 0.3 is 0 Å². The van der Waals surface area contributed by atoms with Gasteiger partial charge in [0.25, 0.3) is 0 Å². The molecule has 1 atom stereocenters. The Balaban J connectivity index is 1.66. The third-order valence-corrected chi connectivity index (χ3v) is 6.03. The van der Waals surface area contributed by atoms with Crippen molar-refractivity contribution >= 4 is 17.7 Å². The van der Waals surface area contributed by atoms with Crippen molar-refractivity contribution in [1.29, 1.82) is 0 Å². The van der Waals surface area contributed by atoms with Crippen molar-refractivity contribution in [2.45, 2.75) is 44.0 Å². The van der Waals surface area contributed by atoms with Crippen molar-refractivity contribution in [2.75, 3.05) is 32.7 Å². The number of benzene rings is 1. The first-order valence-electron chi connectivity index (χ1n) is 9.56. The fourth-order valence-electron chi connectivity index (χ4n) is 3.16. The fourth-order valence-corrected chi connectivity index (χ4v) is 4.06. The summed E-state index contributed by atoms with van der Waals surface area (Å²) in [5.41, 5.74) is 2.18. The Kier molecular flexibility index (Phi) is 6.49. The number of rotatable bonds is 6. The minimum absolute atomic E-state index is 0.153. The molecule has 1 aliphatic rings. The number of hydrogen-bond donors (Lipinski definition) is 0. The molecule has 1 aromatic heterocycles. The van der Waals surface area contributed by atoms with Gasteiger partial charge in [-0.05, 0) is 47.5 Å². The summed E-state index contributed by atoms with van der Waals surface area (Å²) in [5, 5.41) is 12.5. The zero-order valence-corrected chi connectivity index (χ0v) is 17.3. The van der Waals surface area contributed by atoms with E-state index in [-0.39, 0.29) is 11.2 Å². The maximum Gasteiger partial charge on any atom is 0.235 e. The predicted octanol–water partition coefficient (Wildman–Crippen LogP) is 2.43. The summed E-state index contributed by atoms with van der Waals surface area (Å²) in [6.07, 6.45) is 0. The molecule has 1 fully saturated rings. The summed E-state index contributed by atoms with van der Waals surface area (Å²) in [6.45, 7) is 12.9. The van der Waals surface area contributed by atoms with Crippen molar-refractivity contribution in [3.63, 3.8) is 0 Å². The predicted molar refractivity (Wildman–Crippen MR) is 107 cm³/mol. The van der Waals surface area contributed by atoms with E-state index in [4.69, 9.17) is 0 Å². The van der Waals surface area contributed by atoms with E-state index >= 15 is 0 Å². The maximum absolute atomic E-state index is 12.8. The van der Waals surface area contributed by atoms with E-state index in [1.807, 2.05) is 24.0 Å². The van der Waals surface area contributed by atoms with Gasteiger partial charge in [-0.15, -0.1) is 5.10 Å². The van der Waals surface area contributed by atoms with Gasteiger partial charge in [0.2, 0.25) is 11.1 Å². The molecule has 0 aliphatic carbocycles. The molecule has 1 amide bonds. The van der Waals surface area contributed by atoms with Crippen LogP contribution in [0.2, 0.25) is 0 Å². The topological polar surface area (TPSA) is 67.2 Å². The lowest BCUT2D eigenvalue weighted by Crippen LogP contribution is -2.50. The van der Waals surface area contributed by atoms with Gasteiger partial charge in [0.15, 0.2) is 0 Å². The van der Waals surface area contributed by atoms with E-state index in [0.29, 0.717) is 11.1 Å². The zero-order valence-electron chi connectivity index (χ0n) is 16.5. The highest BCUT2D eigenvalue weighted by Crippen LogP contribution is 2.25. The average Bonchev–Trinajstić information content (AvgIpc) is 3.15. The number of carbonyl (C=O) groups is 1. The smallest absolute Gasteiger partial charge is 0.235 e. The molecule has 0 N–H and O–H groups in total. The van der Waals surface area contributed by atoms with Crippen LogP contribution in [0.25, 0.3) is 5.69 Å². The summed E-state index contributed by atoms with van der Waals surface area (Å²) < 4.78 is 1.70. The van der Waals surface area contributed by atoms with Crippen LogP contribution in [-0.4, -0.2) is 73.9 Å². The number of thioether (sulfide) groups is 1. The van der Waals surface area contributed by atoms with Crippen LogP contribution in [0.15, 0.2) is 29.4 Å². The minimum atomic E-state index is -0.224.